The highest BCUT2D eigenvalue weighted by Gasteiger charge is 2.34. The number of rotatable bonds is 3. The van der Waals surface area contributed by atoms with E-state index in [2.05, 4.69) is 0 Å². The van der Waals surface area contributed by atoms with Gasteiger partial charge in [0.1, 0.15) is 5.82 Å². The predicted octanol–water partition coefficient (Wildman–Crippen LogP) is 3.89. The molecule has 0 aromatic heterocycles. The fraction of sp³-hybridized carbons (Fsp3) is 0.500. The lowest BCUT2D eigenvalue weighted by Gasteiger charge is -2.20. The molecule has 0 aliphatic heterocycles. The summed E-state index contributed by atoms with van der Waals surface area (Å²) in [5, 5.41) is 0. The molecular weight excluding hydrogens is 234 g/mol. The van der Waals surface area contributed by atoms with Gasteiger partial charge in [-0.2, -0.15) is 13.2 Å². The van der Waals surface area contributed by atoms with Crippen LogP contribution >= 0.6 is 0 Å². The summed E-state index contributed by atoms with van der Waals surface area (Å²) in [7, 11) is 0. The Kier molecular flexibility index (Phi) is 4.14. The van der Waals surface area contributed by atoms with Crippen molar-refractivity contribution in [3.05, 3.63) is 35.1 Å². The fourth-order valence-electron chi connectivity index (χ4n) is 1.55. The van der Waals surface area contributed by atoms with Crippen LogP contribution in [-0.4, -0.2) is 0 Å². The first-order valence-electron chi connectivity index (χ1n) is 5.39. The molecule has 0 saturated carbocycles. The van der Waals surface area contributed by atoms with Crippen molar-refractivity contribution in [3.63, 3.8) is 0 Å². The van der Waals surface area contributed by atoms with Gasteiger partial charge in [-0.1, -0.05) is 26.3 Å². The molecule has 0 bridgehead atoms. The summed E-state index contributed by atoms with van der Waals surface area (Å²) in [6, 6.07) is 2.41. The molecule has 0 spiro atoms. The first kappa shape index (κ1) is 14.0. The Morgan fingerprint density at radius 1 is 1.29 bits per heavy atom. The summed E-state index contributed by atoms with van der Waals surface area (Å²) in [5.74, 6) is -1.22. The van der Waals surface area contributed by atoms with E-state index in [-0.39, 0.29) is 5.92 Å². The van der Waals surface area contributed by atoms with E-state index in [4.69, 9.17) is 5.73 Å². The first-order chi connectivity index (χ1) is 7.77. The minimum atomic E-state index is -4.69. The zero-order valence-electron chi connectivity index (χ0n) is 9.68. The van der Waals surface area contributed by atoms with Gasteiger partial charge in [0.25, 0.3) is 0 Å². The third kappa shape index (κ3) is 3.19. The van der Waals surface area contributed by atoms with E-state index < -0.39 is 23.6 Å². The molecule has 0 amide bonds. The number of benzene rings is 1. The van der Waals surface area contributed by atoms with Crippen LogP contribution in [0.5, 0.6) is 0 Å². The van der Waals surface area contributed by atoms with Crippen LogP contribution in [0.25, 0.3) is 0 Å². The van der Waals surface area contributed by atoms with Crippen LogP contribution in [0.15, 0.2) is 18.2 Å². The number of halogens is 4. The van der Waals surface area contributed by atoms with Crippen LogP contribution in [0.2, 0.25) is 0 Å². The van der Waals surface area contributed by atoms with E-state index in [1.807, 2.05) is 13.8 Å². The average molecular weight is 249 g/mol. The monoisotopic (exact) mass is 249 g/mol. The van der Waals surface area contributed by atoms with E-state index in [1.165, 1.54) is 6.07 Å². The molecule has 0 fully saturated rings. The van der Waals surface area contributed by atoms with Gasteiger partial charge in [0, 0.05) is 6.04 Å². The van der Waals surface area contributed by atoms with E-state index in [9.17, 15) is 17.6 Å². The molecule has 0 aliphatic rings. The fourth-order valence-corrected chi connectivity index (χ4v) is 1.55. The third-order valence-electron chi connectivity index (χ3n) is 2.94. The van der Waals surface area contributed by atoms with Crippen molar-refractivity contribution in [1.29, 1.82) is 0 Å². The number of hydrogen-bond donors (Lipinski definition) is 1. The lowest BCUT2D eigenvalue weighted by Crippen LogP contribution is -2.20. The summed E-state index contributed by atoms with van der Waals surface area (Å²) in [6.45, 7) is 3.75. The Morgan fingerprint density at radius 3 is 2.35 bits per heavy atom. The number of alkyl halides is 3. The molecule has 0 radical (unpaired) electrons. The van der Waals surface area contributed by atoms with Crippen molar-refractivity contribution in [1.82, 2.24) is 0 Å². The molecule has 1 rings (SSSR count). The van der Waals surface area contributed by atoms with Gasteiger partial charge in [-0.15, -0.1) is 0 Å². The van der Waals surface area contributed by atoms with Crippen LogP contribution < -0.4 is 5.73 Å². The van der Waals surface area contributed by atoms with E-state index in [0.717, 1.165) is 18.6 Å². The number of nitrogens with two attached hydrogens (primary N) is 1. The van der Waals surface area contributed by atoms with E-state index >= 15 is 0 Å². The summed E-state index contributed by atoms with van der Waals surface area (Å²) >= 11 is 0. The summed E-state index contributed by atoms with van der Waals surface area (Å²) < 4.78 is 50.5. The van der Waals surface area contributed by atoms with Crippen molar-refractivity contribution >= 4 is 0 Å². The van der Waals surface area contributed by atoms with Gasteiger partial charge in [0.15, 0.2) is 0 Å². The molecule has 2 N–H and O–H groups in total. The standard InChI is InChI=1S/C12H15F4N/c1-3-7(2)11(17)8-4-5-10(13)9(6-8)12(14,15)16/h4-7,11H,3,17H2,1-2H3/t7?,11-/m1/s1. The highest BCUT2D eigenvalue weighted by molar-refractivity contribution is 5.29. The van der Waals surface area contributed by atoms with Crippen LogP contribution in [0, 0.1) is 11.7 Å². The first-order valence-corrected chi connectivity index (χ1v) is 5.39. The quantitative estimate of drug-likeness (QED) is 0.808. The van der Waals surface area contributed by atoms with E-state index in [1.54, 1.807) is 0 Å². The van der Waals surface area contributed by atoms with Gasteiger partial charge in [-0.05, 0) is 23.6 Å². The van der Waals surface area contributed by atoms with Gasteiger partial charge in [0.2, 0.25) is 0 Å². The zero-order valence-corrected chi connectivity index (χ0v) is 9.68. The molecule has 0 saturated heterocycles. The Labute approximate surface area is 97.6 Å². The maximum Gasteiger partial charge on any atom is 0.419 e. The smallest absolute Gasteiger partial charge is 0.324 e. The van der Waals surface area contributed by atoms with Gasteiger partial charge in [0.05, 0.1) is 5.56 Å². The minimum absolute atomic E-state index is 0.0431. The van der Waals surface area contributed by atoms with E-state index in [0.29, 0.717) is 5.56 Å². The second kappa shape index (κ2) is 5.04. The van der Waals surface area contributed by atoms with Crippen LogP contribution in [0.3, 0.4) is 0 Å². The largest absolute Gasteiger partial charge is 0.419 e. The summed E-state index contributed by atoms with van der Waals surface area (Å²) in [5.41, 5.74) is 4.88. The second-order valence-corrected chi connectivity index (χ2v) is 4.15. The second-order valence-electron chi connectivity index (χ2n) is 4.15. The predicted molar refractivity (Wildman–Crippen MR) is 57.8 cm³/mol. The molecule has 1 aromatic carbocycles. The van der Waals surface area contributed by atoms with Crippen molar-refractivity contribution in [3.8, 4) is 0 Å². The lowest BCUT2D eigenvalue weighted by molar-refractivity contribution is -0.140. The summed E-state index contributed by atoms with van der Waals surface area (Å²) in [4.78, 5) is 0. The highest BCUT2D eigenvalue weighted by Crippen LogP contribution is 2.33. The molecule has 1 unspecified atom stereocenters. The van der Waals surface area contributed by atoms with Crippen molar-refractivity contribution in [2.24, 2.45) is 11.7 Å². The Balaban J connectivity index is 3.13. The van der Waals surface area contributed by atoms with Crippen molar-refractivity contribution in [2.75, 3.05) is 0 Å². The molecule has 96 valence electrons. The molecule has 17 heavy (non-hydrogen) atoms. The molecule has 0 aliphatic carbocycles. The molecule has 0 heterocycles. The highest BCUT2D eigenvalue weighted by atomic mass is 19.4. The molecule has 1 nitrogen and oxygen atoms in total. The normalized spacial score (nSPS) is 15.7. The number of hydrogen-bond acceptors (Lipinski definition) is 1. The van der Waals surface area contributed by atoms with Gasteiger partial charge in [-0.25, -0.2) is 4.39 Å². The maximum absolute atomic E-state index is 13.1. The van der Waals surface area contributed by atoms with Gasteiger partial charge >= 0.3 is 6.18 Å². The Morgan fingerprint density at radius 2 is 1.88 bits per heavy atom. The average Bonchev–Trinajstić information content (AvgIpc) is 2.26. The van der Waals surface area contributed by atoms with Crippen molar-refractivity contribution in [2.45, 2.75) is 32.5 Å². The molecule has 2 atom stereocenters. The molecular formula is C12H15F4N. The zero-order chi connectivity index (χ0) is 13.2. The van der Waals surface area contributed by atoms with Crippen molar-refractivity contribution < 1.29 is 17.6 Å². The lowest BCUT2D eigenvalue weighted by atomic mass is 9.92. The van der Waals surface area contributed by atoms with Gasteiger partial charge < -0.3 is 5.73 Å². The third-order valence-corrected chi connectivity index (χ3v) is 2.94. The van der Waals surface area contributed by atoms with Crippen LogP contribution in [0.1, 0.15) is 37.4 Å². The minimum Gasteiger partial charge on any atom is -0.324 e. The molecule has 1 aromatic rings. The molecule has 5 heteroatoms. The summed E-state index contributed by atoms with van der Waals surface area (Å²) in [6.07, 6.45) is -3.94. The van der Waals surface area contributed by atoms with Gasteiger partial charge in [-0.3, -0.25) is 0 Å². The maximum atomic E-state index is 13.1. The Hall–Kier alpha value is -1.10. The van der Waals surface area contributed by atoms with Crippen LogP contribution in [0.4, 0.5) is 17.6 Å². The SMILES string of the molecule is CCC(C)[C@@H](N)c1ccc(F)c(C(F)(F)F)c1. The van der Waals surface area contributed by atoms with Crippen LogP contribution in [-0.2, 0) is 6.18 Å². The Bertz CT molecular complexity index is 387. The topological polar surface area (TPSA) is 26.0 Å².